The zero-order valence-corrected chi connectivity index (χ0v) is 25.0. The van der Waals surface area contributed by atoms with Crippen LogP contribution < -0.4 is 14.4 Å². The van der Waals surface area contributed by atoms with Crippen molar-refractivity contribution in [2.24, 2.45) is 5.92 Å². The number of methoxy groups -OCH3 is 1. The van der Waals surface area contributed by atoms with Gasteiger partial charge in [0.2, 0.25) is 11.8 Å². The van der Waals surface area contributed by atoms with Crippen molar-refractivity contribution in [1.29, 1.82) is 0 Å². The van der Waals surface area contributed by atoms with Gasteiger partial charge in [0.25, 0.3) is 10.0 Å². The topological polar surface area (TPSA) is 96.0 Å². The molecule has 0 heterocycles. The minimum absolute atomic E-state index is 0.00536. The fraction of sp³-hybridized carbons (Fsp3) is 0.333. The van der Waals surface area contributed by atoms with Crippen molar-refractivity contribution in [3.63, 3.8) is 0 Å². The molecule has 0 bridgehead atoms. The highest BCUT2D eigenvalue weighted by molar-refractivity contribution is 7.92. The molecule has 0 aliphatic rings. The first-order valence-corrected chi connectivity index (χ1v) is 14.8. The quantitative estimate of drug-likeness (QED) is 0.321. The smallest absolute Gasteiger partial charge is 0.264 e. The van der Waals surface area contributed by atoms with E-state index in [4.69, 9.17) is 16.3 Å². The van der Waals surface area contributed by atoms with Crippen LogP contribution in [0.15, 0.2) is 77.7 Å². The predicted molar refractivity (Wildman–Crippen MR) is 158 cm³/mol. The number of benzene rings is 3. The molecule has 40 heavy (non-hydrogen) atoms. The Morgan fingerprint density at radius 2 is 1.62 bits per heavy atom. The Bertz CT molecular complexity index is 1410. The molecule has 0 fully saturated rings. The number of rotatable bonds is 12. The summed E-state index contributed by atoms with van der Waals surface area (Å²) in [5, 5.41) is 3.36. The molecule has 3 aromatic rings. The summed E-state index contributed by atoms with van der Waals surface area (Å²) in [5.41, 5.74) is 1.98. The maximum Gasteiger partial charge on any atom is 0.264 e. The molecule has 0 saturated carbocycles. The average molecular weight is 586 g/mol. The van der Waals surface area contributed by atoms with Crippen LogP contribution in [-0.4, -0.2) is 51.4 Å². The minimum Gasteiger partial charge on any atom is -0.497 e. The van der Waals surface area contributed by atoms with Crippen molar-refractivity contribution in [3.05, 3.63) is 88.9 Å². The molecular formula is C30H36ClN3O5S. The third-order valence-electron chi connectivity index (χ3n) is 6.34. The second kappa shape index (κ2) is 13.7. The summed E-state index contributed by atoms with van der Waals surface area (Å²) in [5.74, 6) is -0.139. The Hall–Kier alpha value is -3.56. The molecule has 3 rings (SSSR count). The Morgan fingerprint density at radius 1 is 0.975 bits per heavy atom. The van der Waals surface area contributed by atoms with Crippen molar-refractivity contribution in [3.8, 4) is 5.75 Å². The largest absolute Gasteiger partial charge is 0.497 e. The molecule has 3 aromatic carbocycles. The molecule has 2 amide bonds. The monoisotopic (exact) mass is 585 g/mol. The van der Waals surface area contributed by atoms with Gasteiger partial charge < -0.3 is 15.0 Å². The summed E-state index contributed by atoms with van der Waals surface area (Å²) in [6.07, 6.45) is 0. The Balaban J connectivity index is 2.01. The molecule has 1 N–H and O–H groups in total. The van der Waals surface area contributed by atoms with Crippen LogP contribution in [0.3, 0.4) is 0 Å². The molecule has 0 saturated heterocycles. The molecule has 0 aromatic heterocycles. The highest BCUT2D eigenvalue weighted by Crippen LogP contribution is 2.26. The number of amides is 2. The molecule has 214 valence electrons. The van der Waals surface area contributed by atoms with Gasteiger partial charge in [0.1, 0.15) is 18.3 Å². The number of hydrogen-bond donors (Lipinski definition) is 1. The molecule has 0 spiro atoms. The number of anilines is 1. The highest BCUT2D eigenvalue weighted by Gasteiger charge is 2.32. The summed E-state index contributed by atoms with van der Waals surface area (Å²) >= 11 is 6.18. The summed E-state index contributed by atoms with van der Waals surface area (Å²) in [6, 6.07) is 19.0. The van der Waals surface area contributed by atoms with Crippen LogP contribution in [0.25, 0.3) is 0 Å². The van der Waals surface area contributed by atoms with E-state index in [1.165, 1.54) is 24.1 Å². The van der Waals surface area contributed by atoms with Gasteiger partial charge in [-0.1, -0.05) is 55.3 Å². The Labute approximate surface area is 241 Å². The summed E-state index contributed by atoms with van der Waals surface area (Å²) in [4.78, 5) is 28.4. The van der Waals surface area contributed by atoms with Crippen LogP contribution in [0, 0.1) is 12.8 Å². The van der Waals surface area contributed by atoms with E-state index in [-0.39, 0.29) is 23.3 Å². The molecule has 1 atom stereocenters. The van der Waals surface area contributed by atoms with E-state index in [9.17, 15) is 18.0 Å². The maximum absolute atomic E-state index is 13.9. The van der Waals surface area contributed by atoms with Crippen molar-refractivity contribution >= 4 is 39.1 Å². The van der Waals surface area contributed by atoms with E-state index in [2.05, 4.69) is 5.32 Å². The van der Waals surface area contributed by atoms with E-state index in [1.54, 1.807) is 67.6 Å². The lowest BCUT2D eigenvalue weighted by atomic mass is 10.1. The highest BCUT2D eigenvalue weighted by atomic mass is 35.5. The maximum atomic E-state index is 13.9. The van der Waals surface area contributed by atoms with E-state index in [0.29, 0.717) is 28.6 Å². The second-order valence-electron chi connectivity index (χ2n) is 9.99. The fourth-order valence-electron chi connectivity index (χ4n) is 3.98. The van der Waals surface area contributed by atoms with Gasteiger partial charge in [0.15, 0.2) is 0 Å². The SMILES string of the molecule is COc1ccc(S(=O)(=O)N(CC(=O)N(Cc2cccc(Cl)c2)[C@@H](C)C(=O)NCC(C)C)c2ccc(C)cc2)cc1. The standard InChI is InChI=1S/C30H36ClN3O5S/c1-21(2)18-32-30(36)23(4)33(19-24-7-6-8-25(31)17-24)29(35)20-34(26-11-9-22(3)10-12-26)40(37,38)28-15-13-27(39-5)14-16-28/h6-17,21,23H,18-20H2,1-5H3,(H,32,36)/t23-/m0/s1. The lowest BCUT2D eigenvalue weighted by Crippen LogP contribution is -2.51. The number of nitrogens with one attached hydrogen (secondary N) is 1. The van der Waals surface area contributed by atoms with Crippen LogP contribution in [0.5, 0.6) is 5.75 Å². The van der Waals surface area contributed by atoms with Crippen LogP contribution in [-0.2, 0) is 26.2 Å². The second-order valence-corrected chi connectivity index (χ2v) is 12.3. The normalized spacial score (nSPS) is 12.1. The zero-order chi connectivity index (χ0) is 29.4. The van der Waals surface area contributed by atoms with Crippen molar-refractivity contribution in [2.45, 2.75) is 45.2 Å². The van der Waals surface area contributed by atoms with Crippen molar-refractivity contribution < 1.29 is 22.7 Å². The molecule has 10 heteroatoms. The van der Waals surface area contributed by atoms with Crippen molar-refractivity contribution in [2.75, 3.05) is 24.5 Å². The summed E-state index contributed by atoms with van der Waals surface area (Å²) in [6.45, 7) is 7.48. The van der Waals surface area contributed by atoms with Crippen LogP contribution in [0.1, 0.15) is 31.9 Å². The molecule has 0 aliphatic carbocycles. The van der Waals surface area contributed by atoms with Gasteiger partial charge in [-0.15, -0.1) is 0 Å². The van der Waals surface area contributed by atoms with Gasteiger partial charge in [-0.2, -0.15) is 0 Å². The first-order valence-electron chi connectivity index (χ1n) is 13.0. The lowest BCUT2D eigenvalue weighted by molar-refractivity contribution is -0.139. The lowest BCUT2D eigenvalue weighted by Gasteiger charge is -2.32. The first-order chi connectivity index (χ1) is 18.9. The number of nitrogens with zero attached hydrogens (tertiary/aromatic N) is 2. The zero-order valence-electron chi connectivity index (χ0n) is 23.4. The number of halogens is 1. The van der Waals surface area contributed by atoms with E-state index < -0.39 is 28.5 Å². The predicted octanol–water partition coefficient (Wildman–Crippen LogP) is 5.04. The molecular weight excluding hydrogens is 550 g/mol. The molecule has 0 radical (unpaired) electrons. The molecule has 0 aliphatic heterocycles. The van der Waals surface area contributed by atoms with Gasteiger partial charge in [0, 0.05) is 18.1 Å². The van der Waals surface area contributed by atoms with Crippen LogP contribution >= 0.6 is 11.6 Å². The third-order valence-corrected chi connectivity index (χ3v) is 8.37. The number of ether oxygens (including phenoxy) is 1. The van der Waals surface area contributed by atoms with E-state index in [0.717, 1.165) is 9.87 Å². The minimum atomic E-state index is -4.16. The van der Waals surface area contributed by atoms with Gasteiger partial charge in [-0.3, -0.25) is 13.9 Å². The van der Waals surface area contributed by atoms with Gasteiger partial charge in [-0.05, 0) is 73.9 Å². The Morgan fingerprint density at radius 3 is 2.20 bits per heavy atom. The number of aryl methyl sites for hydroxylation is 1. The summed E-state index contributed by atoms with van der Waals surface area (Å²) in [7, 11) is -2.67. The first kappa shape index (κ1) is 31.0. The molecule has 0 unspecified atom stereocenters. The molecule has 8 nitrogen and oxygen atoms in total. The summed E-state index contributed by atoms with van der Waals surface area (Å²) < 4.78 is 34.0. The van der Waals surface area contributed by atoms with Gasteiger partial charge in [-0.25, -0.2) is 8.42 Å². The van der Waals surface area contributed by atoms with Crippen LogP contribution in [0.4, 0.5) is 5.69 Å². The third kappa shape index (κ3) is 7.99. The number of carbonyl (C=O) groups is 2. The van der Waals surface area contributed by atoms with E-state index in [1.807, 2.05) is 20.8 Å². The number of carbonyl (C=O) groups excluding carboxylic acids is 2. The van der Waals surface area contributed by atoms with Gasteiger partial charge >= 0.3 is 0 Å². The van der Waals surface area contributed by atoms with Crippen molar-refractivity contribution in [1.82, 2.24) is 10.2 Å². The van der Waals surface area contributed by atoms with Crippen LogP contribution in [0.2, 0.25) is 5.02 Å². The van der Waals surface area contributed by atoms with Gasteiger partial charge in [0.05, 0.1) is 17.7 Å². The Kier molecular flexibility index (Phi) is 10.6. The number of hydrogen-bond acceptors (Lipinski definition) is 5. The fourth-order valence-corrected chi connectivity index (χ4v) is 5.61. The van der Waals surface area contributed by atoms with E-state index >= 15 is 0 Å². The average Bonchev–Trinajstić information content (AvgIpc) is 2.93. The number of sulfonamides is 1.